The summed E-state index contributed by atoms with van der Waals surface area (Å²) in [4.78, 5) is 48.3. The van der Waals surface area contributed by atoms with E-state index in [0.717, 1.165) is 29.9 Å². The number of rotatable bonds is 4. The fourth-order valence-electron chi connectivity index (χ4n) is 3.32. The Morgan fingerprint density at radius 2 is 1.96 bits per heavy atom. The third-order valence-corrected chi connectivity index (χ3v) is 4.63. The van der Waals surface area contributed by atoms with Crippen LogP contribution in [-0.4, -0.2) is 45.9 Å². The maximum absolute atomic E-state index is 12.7. The molecule has 1 aromatic rings. The quantitative estimate of drug-likeness (QED) is 0.353. The zero-order valence-corrected chi connectivity index (χ0v) is 14.4. The standard InChI is InChI=1S/C17H17N3O7/c1-27-13-8-9(7-12(14(13)21)20(25)26)6-11-15(22)18-17(24)19(16(11)23)10-4-2-3-5-10/h6-8,10,21H,2-5H2,1H3,(H,18,22,24)/b11-6+. The van der Waals surface area contributed by atoms with Crippen molar-refractivity contribution in [1.82, 2.24) is 10.2 Å². The van der Waals surface area contributed by atoms with Crippen LogP contribution in [0, 0.1) is 10.1 Å². The third-order valence-electron chi connectivity index (χ3n) is 4.63. The highest BCUT2D eigenvalue weighted by molar-refractivity contribution is 6.31. The van der Waals surface area contributed by atoms with Gasteiger partial charge in [0.1, 0.15) is 5.57 Å². The van der Waals surface area contributed by atoms with E-state index in [1.165, 1.54) is 13.2 Å². The van der Waals surface area contributed by atoms with E-state index < -0.39 is 34.2 Å². The van der Waals surface area contributed by atoms with Crippen molar-refractivity contribution in [3.05, 3.63) is 33.4 Å². The van der Waals surface area contributed by atoms with Crippen molar-refractivity contribution < 1.29 is 29.2 Å². The van der Waals surface area contributed by atoms with Gasteiger partial charge in [0.2, 0.25) is 5.75 Å². The number of ether oxygens (including phenoxy) is 1. The van der Waals surface area contributed by atoms with Crippen LogP contribution in [0.5, 0.6) is 11.5 Å². The van der Waals surface area contributed by atoms with Gasteiger partial charge in [0.05, 0.1) is 12.0 Å². The summed E-state index contributed by atoms with van der Waals surface area (Å²) in [5, 5.41) is 23.1. The maximum Gasteiger partial charge on any atom is 0.331 e. The predicted molar refractivity (Wildman–Crippen MR) is 91.9 cm³/mol. The molecule has 0 unspecified atom stereocenters. The number of hydrogen-bond donors (Lipinski definition) is 2. The van der Waals surface area contributed by atoms with E-state index in [4.69, 9.17) is 4.74 Å². The Bertz CT molecular complexity index is 872. The molecule has 1 heterocycles. The van der Waals surface area contributed by atoms with Gasteiger partial charge in [-0.25, -0.2) is 4.79 Å². The number of nitrogens with zero attached hydrogens (tertiary/aromatic N) is 2. The monoisotopic (exact) mass is 375 g/mol. The van der Waals surface area contributed by atoms with Crippen molar-refractivity contribution >= 4 is 29.6 Å². The van der Waals surface area contributed by atoms with Gasteiger partial charge in [0.25, 0.3) is 11.8 Å². The highest BCUT2D eigenvalue weighted by Crippen LogP contribution is 2.37. The van der Waals surface area contributed by atoms with Crippen LogP contribution in [0.3, 0.4) is 0 Å². The highest BCUT2D eigenvalue weighted by atomic mass is 16.6. The second kappa shape index (κ2) is 7.06. The first-order valence-electron chi connectivity index (χ1n) is 8.29. The van der Waals surface area contributed by atoms with Crippen molar-refractivity contribution in [1.29, 1.82) is 0 Å². The molecule has 0 aromatic heterocycles. The molecular formula is C17H17N3O7. The fraction of sp³-hybridized carbons (Fsp3) is 0.353. The van der Waals surface area contributed by atoms with Crippen LogP contribution in [0.15, 0.2) is 17.7 Å². The average Bonchev–Trinajstić information content (AvgIpc) is 3.13. The van der Waals surface area contributed by atoms with Crippen LogP contribution in [0.1, 0.15) is 31.2 Å². The minimum atomic E-state index is -0.881. The van der Waals surface area contributed by atoms with E-state index in [-0.39, 0.29) is 22.9 Å². The number of benzene rings is 1. The first-order valence-corrected chi connectivity index (χ1v) is 8.29. The smallest absolute Gasteiger partial charge is 0.331 e. The number of phenols is 1. The Morgan fingerprint density at radius 3 is 2.56 bits per heavy atom. The Kier molecular flexibility index (Phi) is 4.80. The molecule has 1 saturated carbocycles. The van der Waals surface area contributed by atoms with Gasteiger partial charge < -0.3 is 9.84 Å². The van der Waals surface area contributed by atoms with E-state index in [0.29, 0.717) is 12.8 Å². The van der Waals surface area contributed by atoms with Gasteiger partial charge in [-0.15, -0.1) is 0 Å². The number of imide groups is 2. The number of hydrogen-bond acceptors (Lipinski definition) is 7. The van der Waals surface area contributed by atoms with Gasteiger partial charge in [-0.3, -0.25) is 29.9 Å². The number of nitro groups is 1. The number of methoxy groups -OCH3 is 1. The lowest BCUT2D eigenvalue weighted by molar-refractivity contribution is -0.386. The highest BCUT2D eigenvalue weighted by Gasteiger charge is 2.40. The van der Waals surface area contributed by atoms with Crippen LogP contribution in [-0.2, 0) is 9.59 Å². The SMILES string of the molecule is COc1cc(/C=C2\C(=O)NC(=O)N(C3CCCC3)C2=O)cc([N+](=O)[O-])c1O. The average molecular weight is 375 g/mol. The normalized spacial score (nSPS) is 19.5. The molecule has 2 aliphatic rings. The number of nitrogens with one attached hydrogen (secondary N) is 1. The molecular weight excluding hydrogens is 358 g/mol. The van der Waals surface area contributed by atoms with E-state index >= 15 is 0 Å². The number of nitro benzene ring substituents is 1. The molecule has 0 atom stereocenters. The van der Waals surface area contributed by atoms with Crippen molar-refractivity contribution in [3.63, 3.8) is 0 Å². The lowest BCUT2D eigenvalue weighted by Crippen LogP contribution is -2.57. The number of aromatic hydroxyl groups is 1. The summed E-state index contributed by atoms with van der Waals surface area (Å²) >= 11 is 0. The molecule has 1 aromatic carbocycles. The lowest BCUT2D eigenvalue weighted by atomic mass is 10.0. The van der Waals surface area contributed by atoms with Crippen LogP contribution in [0.25, 0.3) is 6.08 Å². The molecule has 27 heavy (non-hydrogen) atoms. The van der Waals surface area contributed by atoms with E-state index in [2.05, 4.69) is 5.32 Å². The molecule has 2 N–H and O–H groups in total. The van der Waals surface area contributed by atoms with Crippen molar-refractivity contribution in [2.24, 2.45) is 0 Å². The molecule has 3 rings (SSSR count). The van der Waals surface area contributed by atoms with Gasteiger partial charge in [0, 0.05) is 12.1 Å². The van der Waals surface area contributed by atoms with Crippen LogP contribution >= 0.6 is 0 Å². The Hall–Kier alpha value is -3.43. The minimum absolute atomic E-state index is 0.107. The summed E-state index contributed by atoms with van der Waals surface area (Å²) in [6.07, 6.45) is 4.24. The number of barbiturate groups is 1. The number of carbonyl (C=O) groups excluding carboxylic acids is 3. The fourth-order valence-corrected chi connectivity index (χ4v) is 3.32. The minimum Gasteiger partial charge on any atom is -0.500 e. The molecule has 1 saturated heterocycles. The molecule has 10 heteroatoms. The van der Waals surface area contributed by atoms with Gasteiger partial charge in [-0.2, -0.15) is 0 Å². The van der Waals surface area contributed by atoms with Gasteiger partial charge in [0.15, 0.2) is 5.75 Å². The van der Waals surface area contributed by atoms with Crippen LogP contribution < -0.4 is 10.1 Å². The lowest BCUT2D eigenvalue weighted by Gasteiger charge is -2.31. The number of amides is 4. The number of urea groups is 1. The van der Waals surface area contributed by atoms with Gasteiger partial charge >= 0.3 is 11.7 Å². The Morgan fingerprint density at radius 1 is 1.30 bits per heavy atom. The molecule has 1 aliphatic heterocycles. The van der Waals surface area contributed by atoms with Gasteiger partial charge in [-0.05, 0) is 30.5 Å². The zero-order chi connectivity index (χ0) is 19.7. The second-order valence-corrected chi connectivity index (χ2v) is 6.28. The molecule has 10 nitrogen and oxygen atoms in total. The topological polar surface area (TPSA) is 139 Å². The zero-order valence-electron chi connectivity index (χ0n) is 14.4. The summed E-state index contributed by atoms with van der Waals surface area (Å²) in [7, 11) is 1.22. The number of phenolic OH excluding ortho intramolecular Hbond substituents is 1. The van der Waals surface area contributed by atoms with E-state index in [1.807, 2.05) is 0 Å². The Labute approximate surface area is 153 Å². The largest absolute Gasteiger partial charge is 0.500 e. The van der Waals surface area contributed by atoms with Crippen molar-refractivity contribution in [2.75, 3.05) is 7.11 Å². The molecule has 4 amide bonds. The molecule has 0 spiro atoms. The number of carbonyl (C=O) groups is 3. The summed E-state index contributed by atoms with van der Waals surface area (Å²) in [5.41, 5.74) is -0.840. The molecule has 142 valence electrons. The summed E-state index contributed by atoms with van der Waals surface area (Å²) in [6, 6.07) is 1.23. The summed E-state index contributed by atoms with van der Waals surface area (Å²) in [6.45, 7) is 0. The van der Waals surface area contributed by atoms with Crippen molar-refractivity contribution in [2.45, 2.75) is 31.7 Å². The van der Waals surface area contributed by atoms with Crippen LogP contribution in [0.2, 0.25) is 0 Å². The maximum atomic E-state index is 12.7. The first kappa shape index (κ1) is 18.4. The molecule has 0 bridgehead atoms. The summed E-state index contributed by atoms with van der Waals surface area (Å²) in [5.74, 6) is -2.46. The third kappa shape index (κ3) is 3.33. The van der Waals surface area contributed by atoms with E-state index in [1.54, 1.807) is 0 Å². The summed E-state index contributed by atoms with van der Waals surface area (Å²) < 4.78 is 4.91. The second-order valence-electron chi connectivity index (χ2n) is 6.28. The van der Waals surface area contributed by atoms with Crippen molar-refractivity contribution in [3.8, 4) is 11.5 Å². The first-order chi connectivity index (χ1) is 12.8. The Balaban J connectivity index is 2.03. The van der Waals surface area contributed by atoms with Gasteiger partial charge in [-0.1, -0.05) is 12.8 Å². The van der Waals surface area contributed by atoms with Crippen LogP contribution in [0.4, 0.5) is 10.5 Å². The predicted octanol–water partition coefficient (Wildman–Crippen LogP) is 1.71. The molecule has 2 fully saturated rings. The van der Waals surface area contributed by atoms with E-state index in [9.17, 15) is 29.6 Å². The molecule has 1 aliphatic carbocycles. The molecule has 0 radical (unpaired) electrons.